The molecule has 1 aromatic carbocycles. The standard InChI is InChI=1S/C22H36N4O4.HI/c1-3-23-22(25-11-4-14-30-17-18-9-15-29-16-10-18)26-13-12-24-21(27)19-5-7-20(28-2)8-6-19;/h5-8,18H,3-4,9-17H2,1-2H3,(H,24,27)(H2,23,25,26);1H. The second-order valence-corrected chi connectivity index (χ2v) is 7.16. The van der Waals surface area contributed by atoms with Gasteiger partial charge in [0.1, 0.15) is 5.75 Å². The van der Waals surface area contributed by atoms with Gasteiger partial charge in [0.25, 0.3) is 5.91 Å². The molecule has 1 aliphatic rings. The minimum atomic E-state index is -0.108. The molecule has 0 unspecified atom stereocenters. The Hall–Kier alpha value is -1.59. The molecule has 1 heterocycles. The Kier molecular flexibility index (Phi) is 15.1. The molecule has 1 aliphatic heterocycles. The van der Waals surface area contributed by atoms with E-state index in [1.54, 1.807) is 31.4 Å². The number of benzene rings is 1. The molecule has 2 rings (SSSR count). The fraction of sp³-hybridized carbons (Fsp3) is 0.636. The van der Waals surface area contributed by atoms with Crippen LogP contribution in [0, 0.1) is 5.92 Å². The number of methoxy groups -OCH3 is 1. The van der Waals surface area contributed by atoms with Crippen LogP contribution in [0.25, 0.3) is 0 Å². The van der Waals surface area contributed by atoms with Crippen LogP contribution in [0.5, 0.6) is 5.75 Å². The summed E-state index contributed by atoms with van der Waals surface area (Å²) in [5.74, 6) is 2.01. The third-order valence-electron chi connectivity index (χ3n) is 4.81. The average molecular weight is 548 g/mol. The lowest BCUT2D eigenvalue weighted by atomic mass is 10.0. The zero-order valence-corrected chi connectivity index (χ0v) is 21.0. The predicted molar refractivity (Wildman–Crippen MR) is 134 cm³/mol. The molecule has 1 aromatic rings. The van der Waals surface area contributed by atoms with Crippen LogP contribution in [0.1, 0.15) is 36.5 Å². The van der Waals surface area contributed by atoms with Crippen molar-refractivity contribution < 1.29 is 19.0 Å². The number of hydrogen-bond acceptors (Lipinski definition) is 5. The molecule has 0 bridgehead atoms. The van der Waals surface area contributed by atoms with Gasteiger partial charge in [-0.05, 0) is 56.4 Å². The summed E-state index contributed by atoms with van der Waals surface area (Å²) in [6.07, 6.45) is 3.08. The number of nitrogens with one attached hydrogen (secondary N) is 3. The van der Waals surface area contributed by atoms with Crippen LogP contribution in [0.2, 0.25) is 0 Å². The number of guanidine groups is 1. The molecule has 3 N–H and O–H groups in total. The fourth-order valence-electron chi connectivity index (χ4n) is 3.06. The van der Waals surface area contributed by atoms with Gasteiger partial charge in [0.15, 0.2) is 5.96 Å². The molecule has 31 heavy (non-hydrogen) atoms. The predicted octanol–water partition coefficient (Wildman–Crippen LogP) is 2.43. The first-order valence-corrected chi connectivity index (χ1v) is 10.8. The van der Waals surface area contributed by atoms with E-state index >= 15 is 0 Å². The Morgan fingerprint density at radius 3 is 2.52 bits per heavy atom. The van der Waals surface area contributed by atoms with Crippen LogP contribution in [-0.4, -0.2) is 71.6 Å². The first-order valence-electron chi connectivity index (χ1n) is 10.8. The lowest BCUT2D eigenvalue weighted by Gasteiger charge is -2.21. The van der Waals surface area contributed by atoms with Crippen molar-refractivity contribution in [3.63, 3.8) is 0 Å². The summed E-state index contributed by atoms with van der Waals surface area (Å²) in [6, 6.07) is 7.04. The molecule has 1 saturated heterocycles. The normalized spacial score (nSPS) is 14.5. The van der Waals surface area contributed by atoms with E-state index < -0.39 is 0 Å². The van der Waals surface area contributed by atoms with E-state index in [2.05, 4.69) is 20.9 Å². The van der Waals surface area contributed by atoms with Gasteiger partial charge in [-0.2, -0.15) is 0 Å². The van der Waals surface area contributed by atoms with E-state index in [0.29, 0.717) is 31.1 Å². The number of rotatable bonds is 12. The molecular weight excluding hydrogens is 511 g/mol. The summed E-state index contributed by atoms with van der Waals surface area (Å²) >= 11 is 0. The van der Waals surface area contributed by atoms with Crippen molar-refractivity contribution in [1.82, 2.24) is 16.0 Å². The summed E-state index contributed by atoms with van der Waals surface area (Å²) in [7, 11) is 1.60. The van der Waals surface area contributed by atoms with E-state index in [9.17, 15) is 4.79 Å². The topological polar surface area (TPSA) is 93.2 Å². The van der Waals surface area contributed by atoms with Crippen LogP contribution >= 0.6 is 24.0 Å². The third-order valence-corrected chi connectivity index (χ3v) is 4.81. The van der Waals surface area contributed by atoms with Gasteiger partial charge in [0, 0.05) is 58.2 Å². The van der Waals surface area contributed by atoms with E-state index in [0.717, 1.165) is 63.9 Å². The molecule has 0 atom stereocenters. The van der Waals surface area contributed by atoms with Crippen LogP contribution in [0.15, 0.2) is 29.3 Å². The highest BCUT2D eigenvalue weighted by atomic mass is 127. The summed E-state index contributed by atoms with van der Waals surface area (Å²) in [5.41, 5.74) is 0.608. The van der Waals surface area contributed by atoms with Gasteiger partial charge in [-0.3, -0.25) is 9.79 Å². The molecule has 1 fully saturated rings. The van der Waals surface area contributed by atoms with Crippen molar-refractivity contribution in [3.05, 3.63) is 29.8 Å². The number of amides is 1. The van der Waals surface area contributed by atoms with Crippen molar-refractivity contribution in [2.45, 2.75) is 26.2 Å². The molecule has 176 valence electrons. The minimum Gasteiger partial charge on any atom is -0.497 e. The molecule has 8 nitrogen and oxygen atoms in total. The monoisotopic (exact) mass is 548 g/mol. The van der Waals surface area contributed by atoms with E-state index in [1.807, 2.05) is 6.92 Å². The Morgan fingerprint density at radius 2 is 1.84 bits per heavy atom. The number of aliphatic imine (C=N–C) groups is 1. The maximum absolute atomic E-state index is 12.2. The van der Waals surface area contributed by atoms with E-state index in [1.165, 1.54) is 0 Å². The lowest BCUT2D eigenvalue weighted by Crippen LogP contribution is -2.41. The van der Waals surface area contributed by atoms with Gasteiger partial charge in [-0.15, -0.1) is 24.0 Å². The smallest absolute Gasteiger partial charge is 0.251 e. The van der Waals surface area contributed by atoms with Crippen molar-refractivity contribution in [2.24, 2.45) is 10.9 Å². The molecule has 0 spiro atoms. The fourth-order valence-corrected chi connectivity index (χ4v) is 3.06. The van der Waals surface area contributed by atoms with Crippen LogP contribution in [0.4, 0.5) is 0 Å². The van der Waals surface area contributed by atoms with Gasteiger partial charge >= 0.3 is 0 Å². The molecule has 1 amide bonds. The maximum Gasteiger partial charge on any atom is 0.251 e. The van der Waals surface area contributed by atoms with Crippen molar-refractivity contribution in [2.75, 3.05) is 59.7 Å². The summed E-state index contributed by atoms with van der Waals surface area (Å²) < 4.78 is 16.2. The van der Waals surface area contributed by atoms with Gasteiger partial charge in [0.2, 0.25) is 0 Å². The minimum absolute atomic E-state index is 0. The number of ether oxygens (including phenoxy) is 3. The maximum atomic E-state index is 12.2. The number of carbonyl (C=O) groups is 1. The first-order chi connectivity index (χ1) is 14.7. The molecule has 0 aromatic heterocycles. The number of halogens is 1. The van der Waals surface area contributed by atoms with Crippen LogP contribution in [0.3, 0.4) is 0 Å². The highest BCUT2D eigenvalue weighted by Gasteiger charge is 2.13. The zero-order valence-electron chi connectivity index (χ0n) is 18.7. The summed E-state index contributed by atoms with van der Waals surface area (Å²) in [4.78, 5) is 16.7. The number of carbonyl (C=O) groups excluding carboxylic acids is 1. The Bertz CT molecular complexity index is 637. The Balaban J connectivity index is 0.00000480. The Morgan fingerprint density at radius 1 is 1.13 bits per heavy atom. The summed E-state index contributed by atoms with van der Waals surface area (Å²) in [5, 5.41) is 9.35. The van der Waals surface area contributed by atoms with E-state index in [4.69, 9.17) is 14.2 Å². The summed E-state index contributed by atoms with van der Waals surface area (Å²) in [6.45, 7) is 7.85. The zero-order chi connectivity index (χ0) is 21.4. The van der Waals surface area contributed by atoms with Crippen LogP contribution in [-0.2, 0) is 9.47 Å². The second kappa shape index (κ2) is 17.0. The third kappa shape index (κ3) is 11.6. The van der Waals surface area contributed by atoms with E-state index in [-0.39, 0.29) is 29.9 Å². The highest BCUT2D eigenvalue weighted by Crippen LogP contribution is 2.14. The lowest BCUT2D eigenvalue weighted by molar-refractivity contribution is 0.0205. The van der Waals surface area contributed by atoms with Gasteiger partial charge < -0.3 is 30.2 Å². The average Bonchev–Trinajstić information content (AvgIpc) is 2.79. The number of hydrogen-bond donors (Lipinski definition) is 3. The first kappa shape index (κ1) is 27.4. The van der Waals surface area contributed by atoms with Crippen molar-refractivity contribution in [3.8, 4) is 5.75 Å². The van der Waals surface area contributed by atoms with Crippen molar-refractivity contribution in [1.29, 1.82) is 0 Å². The van der Waals surface area contributed by atoms with Crippen LogP contribution < -0.4 is 20.7 Å². The van der Waals surface area contributed by atoms with Gasteiger partial charge in [0.05, 0.1) is 7.11 Å². The van der Waals surface area contributed by atoms with Gasteiger partial charge in [-0.1, -0.05) is 0 Å². The molecular formula is C22H37IN4O4. The molecule has 0 aliphatic carbocycles. The number of nitrogens with zero attached hydrogens (tertiary/aromatic N) is 1. The van der Waals surface area contributed by atoms with Crippen molar-refractivity contribution >= 4 is 35.8 Å². The molecule has 9 heteroatoms. The molecule has 0 saturated carbocycles. The SMILES string of the molecule is CCNC(=NCCCOCC1CCOCC1)NCCNC(=O)c1ccc(OC)cc1.I. The molecule has 0 radical (unpaired) electrons. The largest absolute Gasteiger partial charge is 0.497 e. The Labute approximate surface area is 202 Å². The highest BCUT2D eigenvalue weighted by molar-refractivity contribution is 14.0. The quantitative estimate of drug-likeness (QED) is 0.161. The van der Waals surface area contributed by atoms with Gasteiger partial charge in [-0.25, -0.2) is 0 Å². The second-order valence-electron chi connectivity index (χ2n) is 7.16.